The molecule has 0 rings (SSSR count). The van der Waals surface area contributed by atoms with Gasteiger partial charge in [0.25, 0.3) is 0 Å². The van der Waals surface area contributed by atoms with Crippen molar-refractivity contribution in [3.63, 3.8) is 0 Å². The molecule has 0 fully saturated rings. The summed E-state index contributed by atoms with van der Waals surface area (Å²) in [7, 11) is 0. The molecule has 0 aliphatic rings. The van der Waals surface area contributed by atoms with Crippen LogP contribution in [0.3, 0.4) is 0 Å². The number of rotatable bonds is 25. The van der Waals surface area contributed by atoms with Crippen LogP contribution in [-0.4, -0.2) is 13.1 Å². The van der Waals surface area contributed by atoms with Crippen molar-refractivity contribution in [2.75, 3.05) is 13.1 Å². The van der Waals surface area contributed by atoms with Crippen LogP contribution in [0.2, 0.25) is 0 Å². The zero-order chi connectivity index (χ0) is 21.1. The molecule has 0 aromatic carbocycles. The van der Waals surface area contributed by atoms with Crippen molar-refractivity contribution in [3.05, 3.63) is 0 Å². The molecule has 0 saturated carbocycles. The van der Waals surface area contributed by atoms with Crippen molar-refractivity contribution in [3.8, 4) is 6.07 Å². The number of nitrogens with zero attached hydrogens (tertiary/aromatic N) is 1. The highest BCUT2D eigenvalue weighted by molar-refractivity contribution is 4.69. The van der Waals surface area contributed by atoms with Crippen LogP contribution in [0.4, 0.5) is 0 Å². The van der Waals surface area contributed by atoms with E-state index >= 15 is 0 Å². The molecular weight excluding hydrogens is 352 g/mol. The lowest BCUT2D eigenvalue weighted by Gasteiger charge is -2.04. The van der Waals surface area contributed by atoms with E-state index in [-0.39, 0.29) is 0 Å². The maximum absolute atomic E-state index is 8.46. The summed E-state index contributed by atoms with van der Waals surface area (Å²) in [5, 5.41) is 11.8. The summed E-state index contributed by atoms with van der Waals surface area (Å²) in [5.74, 6) is 0. The van der Waals surface area contributed by atoms with Gasteiger partial charge in [-0.15, -0.1) is 0 Å². The second kappa shape index (κ2) is 27.5. The minimum atomic E-state index is 0.638. The van der Waals surface area contributed by atoms with Crippen LogP contribution < -0.4 is 5.32 Å². The van der Waals surface area contributed by atoms with Crippen molar-refractivity contribution in [1.82, 2.24) is 5.32 Å². The molecule has 0 aromatic heterocycles. The number of unbranched alkanes of at least 4 members (excludes halogenated alkanes) is 21. The molecule has 2 heteroatoms. The van der Waals surface area contributed by atoms with Crippen molar-refractivity contribution < 1.29 is 0 Å². The summed E-state index contributed by atoms with van der Waals surface area (Å²) in [5.41, 5.74) is 0. The monoisotopic (exact) mass is 406 g/mol. The van der Waals surface area contributed by atoms with E-state index in [4.69, 9.17) is 5.26 Å². The van der Waals surface area contributed by atoms with Gasteiger partial charge in [0.05, 0.1) is 6.07 Å². The molecule has 0 atom stereocenters. The Labute approximate surface area is 184 Å². The standard InChI is InChI=1S/C27H54N2/c1-2-3-4-5-6-7-8-9-10-11-12-13-14-15-16-17-18-19-20-21-22-23-26-29-27-24-25-28/h29H,2-24,26-27H2,1H3. The Morgan fingerprint density at radius 3 is 1.07 bits per heavy atom. The van der Waals surface area contributed by atoms with E-state index in [9.17, 15) is 0 Å². The average molecular weight is 407 g/mol. The highest BCUT2D eigenvalue weighted by Gasteiger charge is 1.96. The van der Waals surface area contributed by atoms with Crippen LogP contribution in [0.25, 0.3) is 0 Å². The zero-order valence-electron chi connectivity index (χ0n) is 20.1. The quantitative estimate of drug-likeness (QED) is 0.153. The van der Waals surface area contributed by atoms with Crippen LogP contribution >= 0.6 is 0 Å². The molecule has 29 heavy (non-hydrogen) atoms. The van der Waals surface area contributed by atoms with Gasteiger partial charge < -0.3 is 5.32 Å². The first-order chi connectivity index (χ1) is 14.4. The minimum absolute atomic E-state index is 0.638. The lowest BCUT2D eigenvalue weighted by atomic mass is 10.0. The van der Waals surface area contributed by atoms with Gasteiger partial charge in [0.15, 0.2) is 0 Å². The first-order valence-corrected chi connectivity index (χ1v) is 13.5. The highest BCUT2D eigenvalue weighted by Crippen LogP contribution is 2.15. The maximum atomic E-state index is 8.46. The van der Waals surface area contributed by atoms with E-state index in [0.29, 0.717) is 6.42 Å². The molecule has 0 saturated heterocycles. The zero-order valence-corrected chi connectivity index (χ0v) is 20.1. The van der Waals surface area contributed by atoms with Gasteiger partial charge in [-0.3, -0.25) is 0 Å². The summed E-state index contributed by atoms with van der Waals surface area (Å²) < 4.78 is 0. The largest absolute Gasteiger partial charge is 0.316 e. The fourth-order valence-corrected chi connectivity index (χ4v) is 4.13. The van der Waals surface area contributed by atoms with Crippen LogP contribution in [-0.2, 0) is 0 Å². The van der Waals surface area contributed by atoms with Crippen LogP contribution in [0.5, 0.6) is 0 Å². The number of hydrogen-bond donors (Lipinski definition) is 1. The Morgan fingerprint density at radius 2 is 0.759 bits per heavy atom. The highest BCUT2D eigenvalue weighted by atomic mass is 14.8. The normalized spacial score (nSPS) is 11.0. The second-order valence-electron chi connectivity index (χ2n) is 9.08. The van der Waals surface area contributed by atoms with Crippen LogP contribution in [0.15, 0.2) is 0 Å². The van der Waals surface area contributed by atoms with E-state index in [1.807, 2.05) is 0 Å². The first kappa shape index (κ1) is 28.5. The smallest absolute Gasteiger partial charge is 0.0635 e. The molecule has 0 amide bonds. The van der Waals surface area contributed by atoms with E-state index in [1.54, 1.807) is 0 Å². The Kier molecular flexibility index (Phi) is 26.9. The molecule has 0 unspecified atom stereocenters. The molecular formula is C27H54N2. The Morgan fingerprint density at radius 1 is 0.448 bits per heavy atom. The molecule has 0 radical (unpaired) electrons. The Bertz CT molecular complexity index is 321. The lowest BCUT2D eigenvalue weighted by molar-refractivity contribution is 0.517. The minimum Gasteiger partial charge on any atom is -0.316 e. The Hall–Kier alpha value is -0.550. The molecule has 0 bridgehead atoms. The number of nitriles is 1. The van der Waals surface area contributed by atoms with Crippen molar-refractivity contribution in [2.45, 2.75) is 155 Å². The molecule has 2 nitrogen and oxygen atoms in total. The van der Waals surface area contributed by atoms with Gasteiger partial charge >= 0.3 is 0 Å². The topological polar surface area (TPSA) is 35.8 Å². The molecule has 172 valence electrons. The van der Waals surface area contributed by atoms with Gasteiger partial charge in [0.2, 0.25) is 0 Å². The fraction of sp³-hybridized carbons (Fsp3) is 0.963. The van der Waals surface area contributed by atoms with Crippen molar-refractivity contribution in [1.29, 1.82) is 5.26 Å². The number of nitrogens with one attached hydrogen (secondary N) is 1. The summed E-state index contributed by atoms with van der Waals surface area (Å²) in [6.07, 6.45) is 32.3. The Balaban J connectivity index is 2.98. The SMILES string of the molecule is CCCCCCCCCCCCCCCCCCCCCCCCNCCC#N. The lowest BCUT2D eigenvalue weighted by Crippen LogP contribution is -2.15. The van der Waals surface area contributed by atoms with Gasteiger partial charge in [-0.05, 0) is 13.0 Å². The molecule has 1 N–H and O–H groups in total. The predicted molar refractivity (Wildman–Crippen MR) is 130 cm³/mol. The summed E-state index contributed by atoms with van der Waals surface area (Å²) in [6, 6.07) is 2.17. The third-order valence-corrected chi connectivity index (χ3v) is 6.12. The molecule has 0 aliphatic carbocycles. The number of hydrogen-bond acceptors (Lipinski definition) is 2. The van der Waals surface area contributed by atoms with Crippen molar-refractivity contribution in [2.24, 2.45) is 0 Å². The van der Waals surface area contributed by atoms with E-state index in [0.717, 1.165) is 13.1 Å². The first-order valence-electron chi connectivity index (χ1n) is 13.5. The van der Waals surface area contributed by atoms with E-state index in [1.165, 1.54) is 141 Å². The fourth-order valence-electron chi connectivity index (χ4n) is 4.13. The summed E-state index contributed by atoms with van der Waals surface area (Å²) in [6.45, 7) is 4.24. The van der Waals surface area contributed by atoms with Gasteiger partial charge in [0.1, 0.15) is 0 Å². The van der Waals surface area contributed by atoms with Crippen LogP contribution in [0, 0.1) is 11.3 Å². The van der Waals surface area contributed by atoms with Crippen molar-refractivity contribution >= 4 is 0 Å². The molecule has 0 spiro atoms. The molecule has 0 aliphatic heterocycles. The van der Waals surface area contributed by atoms with E-state index in [2.05, 4.69) is 18.3 Å². The second-order valence-corrected chi connectivity index (χ2v) is 9.08. The third kappa shape index (κ3) is 27.4. The summed E-state index contributed by atoms with van der Waals surface area (Å²) >= 11 is 0. The van der Waals surface area contributed by atoms with Gasteiger partial charge in [-0.25, -0.2) is 0 Å². The van der Waals surface area contributed by atoms with E-state index < -0.39 is 0 Å². The summed E-state index contributed by atoms with van der Waals surface area (Å²) in [4.78, 5) is 0. The predicted octanol–water partition coefficient (Wildman–Crippen LogP) is 9.09. The molecule has 0 aromatic rings. The van der Waals surface area contributed by atoms with Gasteiger partial charge in [-0.2, -0.15) is 5.26 Å². The average Bonchev–Trinajstić information content (AvgIpc) is 2.74. The van der Waals surface area contributed by atoms with Crippen LogP contribution in [0.1, 0.15) is 155 Å². The van der Waals surface area contributed by atoms with Gasteiger partial charge in [0, 0.05) is 13.0 Å². The van der Waals surface area contributed by atoms with Gasteiger partial charge in [-0.1, -0.05) is 142 Å². The third-order valence-electron chi connectivity index (χ3n) is 6.12. The maximum Gasteiger partial charge on any atom is 0.0635 e. The molecule has 0 heterocycles.